The first-order valence-electron chi connectivity index (χ1n) is 7.61. The van der Waals surface area contributed by atoms with E-state index in [1.54, 1.807) is 18.2 Å². The topological polar surface area (TPSA) is 104 Å². The second kappa shape index (κ2) is 7.40. The molecule has 1 unspecified atom stereocenters. The number of anilines is 2. The van der Waals surface area contributed by atoms with Crippen molar-refractivity contribution in [1.29, 1.82) is 0 Å². The van der Waals surface area contributed by atoms with E-state index in [-0.39, 0.29) is 23.7 Å². The molecule has 0 aliphatic carbocycles. The minimum Gasteiger partial charge on any atom is -0.326 e. The lowest BCUT2D eigenvalue weighted by molar-refractivity contribution is -0.123. The third kappa shape index (κ3) is 3.93. The van der Waals surface area contributed by atoms with Gasteiger partial charge in [0.1, 0.15) is 5.82 Å². The van der Waals surface area contributed by atoms with E-state index >= 15 is 0 Å². The molecule has 1 aliphatic rings. The third-order valence-corrected chi connectivity index (χ3v) is 4.87. The summed E-state index contributed by atoms with van der Waals surface area (Å²) in [5.74, 6) is -0.766. The molecule has 1 aromatic heterocycles. The van der Waals surface area contributed by atoms with Crippen LogP contribution in [0.2, 0.25) is 0 Å². The van der Waals surface area contributed by atoms with E-state index < -0.39 is 17.4 Å². The summed E-state index contributed by atoms with van der Waals surface area (Å²) in [4.78, 5) is 44.0. The summed E-state index contributed by atoms with van der Waals surface area (Å²) < 4.78 is 0.813. The number of halogens is 1. The average Bonchev–Trinajstić information content (AvgIpc) is 2.54. The molecule has 1 aromatic carbocycles. The lowest BCUT2D eigenvalue weighted by Crippen LogP contribution is -2.36. The van der Waals surface area contributed by atoms with Crippen LogP contribution in [-0.2, 0) is 9.59 Å². The molecule has 9 heteroatoms. The highest BCUT2D eigenvalue weighted by molar-refractivity contribution is 9.10. The van der Waals surface area contributed by atoms with Gasteiger partial charge in [0.15, 0.2) is 5.16 Å². The number of carbonyl (C=O) groups excluding carboxylic acids is 2. The quantitative estimate of drug-likeness (QED) is 0.518. The first-order chi connectivity index (χ1) is 12.0. The Morgan fingerprint density at radius 3 is 2.96 bits per heavy atom. The molecule has 0 saturated heterocycles. The van der Waals surface area contributed by atoms with Crippen LogP contribution in [0.1, 0.15) is 24.8 Å². The molecule has 0 radical (unpaired) electrons. The van der Waals surface area contributed by atoms with E-state index in [9.17, 15) is 14.4 Å². The molecule has 0 fully saturated rings. The number of rotatable bonds is 4. The van der Waals surface area contributed by atoms with E-state index in [1.165, 1.54) is 11.8 Å². The van der Waals surface area contributed by atoms with Crippen LogP contribution in [0, 0.1) is 0 Å². The molecule has 7 nitrogen and oxygen atoms in total. The molecule has 1 aliphatic heterocycles. The second-order valence-corrected chi connectivity index (χ2v) is 7.54. The Morgan fingerprint density at radius 1 is 1.44 bits per heavy atom. The van der Waals surface area contributed by atoms with Crippen LogP contribution in [0.25, 0.3) is 0 Å². The highest BCUT2D eigenvalue weighted by Crippen LogP contribution is 2.30. The van der Waals surface area contributed by atoms with Crippen LogP contribution < -0.4 is 16.2 Å². The highest BCUT2D eigenvalue weighted by atomic mass is 79.9. The van der Waals surface area contributed by atoms with E-state index in [4.69, 9.17) is 0 Å². The monoisotopic (exact) mass is 422 g/mol. The smallest absolute Gasteiger partial charge is 0.257 e. The van der Waals surface area contributed by atoms with Crippen molar-refractivity contribution in [3.8, 4) is 0 Å². The highest BCUT2D eigenvalue weighted by Gasteiger charge is 2.34. The van der Waals surface area contributed by atoms with E-state index in [0.717, 1.165) is 10.2 Å². The van der Waals surface area contributed by atoms with Crippen molar-refractivity contribution in [2.45, 2.75) is 24.4 Å². The summed E-state index contributed by atoms with van der Waals surface area (Å²) in [6.45, 7) is 1.93. The molecular formula is C16H15BrN4O3S. The van der Waals surface area contributed by atoms with Gasteiger partial charge in [0.2, 0.25) is 11.8 Å². The summed E-state index contributed by atoms with van der Waals surface area (Å²) in [5, 5.41) is 5.75. The van der Waals surface area contributed by atoms with Crippen molar-refractivity contribution >= 4 is 51.0 Å². The van der Waals surface area contributed by atoms with Crippen LogP contribution >= 0.6 is 27.7 Å². The average molecular weight is 423 g/mol. The number of fused-ring (bicyclic) bond motifs is 1. The summed E-state index contributed by atoms with van der Waals surface area (Å²) in [6, 6.07) is 7.09. The van der Waals surface area contributed by atoms with Crippen LogP contribution in [0.15, 0.2) is 38.7 Å². The van der Waals surface area contributed by atoms with Gasteiger partial charge in [-0.1, -0.05) is 40.7 Å². The minimum atomic E-state index is -0.889. The number of hydrogen-bond acceptors (Lipinski definition) is 5. The number of nitrogens with zero attached hydrogens (tertiary/aromatic N) is 1. The maximum absolute atomic E-state index is 12.7. The third-order valence-electron chi connectivity index (χ3n) is 3.62. The summed E-state index contributed by atoms with van der Waals surface area (Å²) in [7, 11) is 0. The molecule has 2 amide bonds. The molecule has 2 aromatic rings. The van der Waals surface area contributed by atoms with E-state index in [0.29, 0.717) is 10.8 Å². The molecule has 1 atom stereocenters. The number of amides is 2. The van der Waals surface area contributed by atoms with Crippen molar-refractivity contribution in [3.05, 3.63) is 44.7 Å². The lowest BCUT2D eigenvalue weighted by atomic mass is 9.92. The molecule has 0 saturated carbocycles. The molecular weight excluding hydrogens is 408 g/mol. The van der Waals surface area contributed by atoms with Crippen LogP contribution in [0.4, 0.5) is 11.5 Å². The zero-order valence-corrected chi connectivity index (χ0v) is 15.7. The van der Waals surface area contributed by atoms with Gasteiger partial charge in [-0.15, -0.1) is 0 Å². The molecule has 3 N–H and O–H groups in total. The standard InChI is InChI=1S/C16H15BrN4O3S/c1-2-25-16-20-13-12(15(24)21-16)10(7-11(22)19-13)14(23)18-9-5-3-4-8(17)6-9/h3-6,10H,2,7H2,1H3,(H,18,23)(H2,19,20,21,22,24). The van der Waals surface area contributed by atoms with Gasteiger partial charge in [0.25, 0.3) is 5.56 Å². The fourth-order valence-electron chi connectivity index (χ4n) is 2.58. The van der Waals surface area contributed by atoms with E-state index in [1.807, 2.05) is 13.0 Å². The number of aromatic nitrogens is 2. The number of hydrogen-bond donors (Lipinski definition) is 3. The Labute approximate surface area is 156 Å². The predicted octanol–water partition coefficient (Wildman–Crippen LogP) is 2.71. The maximum atomic E-state index is 12.7. The van der Waals surface area contributed by atoms with Crippen molar-refractivity contribution in [2.24, 2.45) is 0 Å². The maximum Gasteiger partial charge on any atom is 0.257 e. The van der Waals surface area contributed by atoms with Crippen LogP contribution in [0.5, 0.6) is 0 Å². The largest absolute Gasteiger partial charge is 0.326 e. The number of benzene rings is 1. The first-order valence-corrected chi connectivity index (χ1v) is 9.39. The van der Waals surface area contributed by atoms with Crippen molar-refractivity contribution in [2.75, 3.05) is 16.4 Å². The van der Waals surface area contributed by atoms with Gasteiger partial charge in [-0.05, 0) is 24.0 Å². The molecule has 0 spiro atoms. The lowest BCUT2D eigenvalue weighted by Gasteiger charge is -2.23. The van der Waals surface area contributed by atoms with Gasteiger partial charge in [0.05, 0.1) is 11.5 Å². The zero-order chi connectivity index (χ0) is 18.0. The normalized spacial score (nSPS) is 16.1. The zero-order valence-electron chi connectivity index (χ0n) is 13.3. The Kier molecular flexibility index (Phi) is 5.24. The SMILES string of the molecule is CCSc1nc2c(c(=O)[nH]1)C(C(=O)Nc1cccc(Br)c1)CC(=O)N2. The van der Waals surface area contributed by atoms with Gasteiger partial charge in [0, 0.05) is 16.6 Å². The first kappa shape index (κ1) is 17.7. The van der Waals surface area contributed by atoms with Crippen molar-refractivity contribution in [1.82, 2.24) is 9.97 Å². The molecule has 3 rings (SSSR count). The second-order valence-electron chi connectivity index (χ2n) is 5.37. The Morgan fingerprint density at radius 2 is 2.24 bits per heavy atom. The number of aromatic amines is 1. The fourth-order valence-corrected chi connectivity index (χ4v) is 3.57. The Bertz CT molecular complexity index is 899. The van der Waals surface area contributed by atoms with Crippen molar-refractivity contribution < 1.29 is 9.59 Å². The van der Waals surface area contributed by atoms with E-state index in [2.05, 4.69) is 36.5 Å². The summed E-state index contributed by atoms with van der Waals surface area (Å²) in [5.41, 5.74) is 0.359. The molecule has 0 bridgehead atoms. The number of carbonyl (C=O) groups is 2. The Balaban J connectivity index is 1.94. The molecule has 25 heavy (non-hydrogen) atoms. The van der Waals surface area contributed by atoms with Crippen LogP contribution in [0.3, 0.4) is 0 Å². The Hall–Kier alpha value is -2.13. The number of thioether (sulfide) groups is 1. The number of nitrogens with one attached hydrogen (secondary N) is 3. The van der Waals surface area contributed by atoms with Crippen LogP contribution in [-0.4, -0.2) is 27.5 Å². The minimum absolute atomic E-state index is 0.0993. The predicted molar refractivity (Wildman–Crippen MR) is 100 cm³/mol. The van der Waals surface area contributed by atoms with Crippen molar-refractivity contribution in [3.63, 3.8) is 0 Å². The summed E-state index contributed by atoms with van der Waals surface area (Å²) in [6.07, 6.45) is -0.0993. The fraction of sp³-hybridized carbons (Fsp3) is 0.250. The van der Waals surface area contributed by atoms with Gasteiger partial charge in [-0.3, -0.25) is 14.4 Å². The van der Waals surface area contributed by atoms with Gasteiger partial charge in [-0.25, -0.2) is 4.98 Å². The van der Waals surface area contributed by atoms with Gasteiger partial charge < -0.3 is 15.6 Å². The molecule has 130 valence electrons. The van der Waals surface area contributed by atoms with Gasteiger partial charge >= 0.3 is 0 Å². The summed E-state index contributed by atoms with van der Waals surface area (Å²) >= 11 is 4.69. The van der Waals surface area contributed by atoms with Gasteiger partial charge in [-0.2, -0.15) is 0 Å². The number of H-pyrrole nitrogens is 1. The molecule has 2 heterocycles.